The third-order valence-corrected chi connectivity index (χ3v) is 5.02. The van der Waals surface area contributed by atoms with Crippen LogP contribution in [0.3, 0.4) is 0 Å². The molecule has 0 spiro atoms. The second-order valence-electron chi connectivity index (χ2n) is 6.49. The van der Waals surface area contributed by atoms with Gasteiger partial charge in [-0.15, -0.1) is 0 Å². The van der Waals surface area contributed by atoms with Crippen molar-refractivity contribution >= 4 is 5.78 Å². The van der Waals surface area contributed by atoms with E-state index in [2.05, 4.69) is 0 Å². The fourth-order valence-electron chi connectivity index (χ4n) is 3.81. The Bertz CT molecular complexity index is 224. The van der Waals surface area contributed by atoms with Gasteiger partial charge in [-0.25, -0.2) is 0 Å². The van der Waals surface area contributed by atoms with Gasteiger partial charge in [-0.1, -0.05) is 64.2 Å². The predicted molar refractivity (Wildman–Crippen MR) is 76.6 cm³/mol. The second kappa shape index (κ2) is 7.96. The maximum atomic E-state index is 12.6. The molecule has 0 aliphatic heterocycles. The quantitative estimate of drug-likeness (QED) is 0.572. The van der Waals surface area contributed by atoms with Crippen molar-refractivity contribution in [1.82, 2.24) is 0 Å². The molecular weight excluding hydrogens is 220 g/mol. The van der Waals surface area contributed by atoms with Crippen LogP contribution in [0.2, 0.25) is 0 Å². The Kier molecular flexibility index (Phi) is 6.23. The van der Waals surface area contributed by atoms with Crippen molar-refractivity contribution in [3.8, 4) is 0 Å². The van der Waals surface area contributed by atoms with E-state index in [1.165, 1.54) is 89.9 Å². The molecule has 0 aromatic carbocycles. The number of rotatable bonds is 0. The Labute approximate surface area is 113 Å². The highest BCUT2D eigenvalue weighted by Gasteiger charge is 2.27. The van der Waals surface area contributed by atoms with Gasteiger partial charge in [-0.05, 0) is 25.7 Å². The van der Waals surface area contributed by atoms with Crippen molar-refractivity contribution in [1.29, 1.82) is 0 Å². The van der Waals surface area contributed by atoms with E-state index in [1.807, 2.05) is 0 Å². The number of hydrogen-bond donors (Lipinski definition) is 0. The Hall–Kier alpha value is -0.330. The van der Waals surface area contributed by atoms with Crippen molar-refractivity contribution in [2.45, 2.75) is 89.9 Å². The normalized spacial score (nSPS) is 32.8. The molecular formula is C17H30O. The summed E-state index contributed by atoms with van der Waals surface area (Å²) in [5.74, 6) is 1.50. The molecule has 0 heterocycles. The first-order valence-corrected chi connectivity index (χ1v) is 8.41. The second-order valence-corrected chi connectivity index (χ2v) is 6.49. The van der Waals surface area contributed by atoms with Gasteiger partial charge in [0, 0.05) is 11.8 Å². The maximum absolute atomic E-state index is 12.6. The van der Waals surface area contributed by atoms with Gasteiger partial charge in [0.05, 0.1) is 0 Å². The first-order chi connectivity index (χ1) is 8.88. The maximum Gasteiger partial charge on any atom is 0.139 e. The van der Waals surface area contributed by atoms with Crippen LogP contribution in [0, 0.1) is 11.8 Å². The minimum Gasteiger partial charge on any atom is -0.299 e. The molecule has 2 aliphatic rings. The van der Waals surface area contributed by atoms with E-state index < -0.39 is 0 Å². The van der Waals surface area contributed by atoms with Crippen LogP contribution in [0.15, 0.2) is 0 Å². The first kappa shape index (κ1) is 14.1. The molecule has 2 fully saturated rings. The van der Waals surface area contributed by atoms with Crippen molar-refractivity contribution in [3.05, 3.63) is 0 Å². The lowest BCUT2D eigenvalue weighted by Gasteiger charge is -2.26. The molecule has 104 valence electrons. The summed E-state index contributed by atoms with van der Waals surface area (Å²) in [4.78, 5) is 12.6. The molecule has 0 amide bonds. The van der Waals surface area contributed by atoms with Crippen LogP contribution < -0.4 is 0 Å². The van der Waals surface area contributed by atoms with Crippen LogP contribution in [-0.4, -0.2) is 5.78 Å². The average Bonchev–Trinajstić information content (AvgIpc) is 2.35. The summed E-state index contributed by atoms with van der Waals surface area (Å²) in [5, 5.41) is 0. The Balaban J connectivity index is 1.96. The molecule has 0 N–H and O–H groups in total. The number of carbonyl (C=O) groups excluding carboxylic acids is 1. The van der Waals surface area contributed by atoms with E-state index >= 15 is 0 Å². The van der Waals surface area contributed by atoms with Crippen molar-refractivity contribution < 1.29 is 4.79 Å². The summed E-state index contributed by atoms with van der Waals surface area (Å²) in [6.07, 6.45) is 18.2. The summed E-state index contributed by atoms with van der Waals surface area (Å²) >= 11 is 0. The van der Waals surface area contributed by atoms with Gasteiger partial charge in [0.15, 0.2) is 0 Å². The monoisotopic (exact) mass is 250 g/mol. The van der Waals surface area contributed by atoms with Crippen LogP contribution in [0.4, 0.5) is 0 Å². The van der Waals surface area contributed by atoms with E-state index in [0.29, 0.717) is 17.6 Å². The van der Waals surface area contributed by atoms with Gasteiger partial charge in [-0.3, -0.25) is 4.79 Å². The third kappa shape index (κ3) is 4.40. The highest BCUT2D eigenvalue weighted by molar-refractivity contribution is 5.83. The first-order valence-electron chi connectivity index (χ1n) is 8.41. The molecule has 2 aliphatic carbocycles. The molecule has 0 radical (unpaired) electrons. The summed E-state index contributed by atoms with van der Waals surface area (Å²) in [6.45, 7) is 0. The van der Waals surface area contributed by atoms with Gasteiger partial charge in [-0.2, -0.15) is 0 Å². The van der Waals surface area contributed by atoms with Crippen molar-refractivity contribution in [2.75, 3.05) is 0 Å². The topological polar surface area (TPSA) is 17.1 Å². The smallest absolute Gasteiger partial charge is 0.139 e. The van der Waals surface area contributed by atoms with E-state index in [1.54, 1.807) is 0 Å². The fraction of sp³-hybridized carbons (Fsp3) is 0.941. The molecule has 0 saturated heterocycles. The zero-order chi connectivity index (χ0) is 12.6. The summed E-state index contributed by atoms with van der Waals surface area (Å²) in [6, 6.07) is 0. The minimum atomic E-state index is 0.426. The van der Waals surface area contributed by atoms with Gasteiger partial charge in [0.1, 0.15) is 5.78 Å². The lowest BCUT2D eigenvalue weighted by molar-refractivity contribution is -0.128. The van der Waals surface area contributed by atoms with Gasteiger partial charge >= 0.3 is 0 Å². The number of fused-ring (bicyclic) bond motifs is 2. The van der Waals surface area contributed by atoms with Crippen LogP contribution in [0.5, 0.6) is 0 Å². The molecule has 1 heteroatoms. The van der Waals surface area contributed by atoms with Gasteiger partial charge < -0.3 is 0 Å². The number of Topliss-reactive ketones (excluding diaryl/α,β-unsaturated/α-hetero) is 1. The Morgan fingerprint density at radius 1 is 0.500 bits per heavy atom. The predicted octanol–water partition coefficient (Wildman–Crippen LogP) is 5.28. The molecule has 2 unspecified atom stereocenters. The zero-order valence-electron chi connectivity index (χ0n) is 12.0. The summed E-state index contributed by atoms with van der Waals surface area (Å²) in [7, 11) is 0. The largest absolute Gasteiger partial charge is 0.299 e. The van der Waals surface area contributed by atoms with E-state index in [-0.39, 0.29) is 0 Å². The Morgan fingerprint density at radius 3 is 1.17 bits per heavy atom. The molecule has 2 atom stereocenters. The SMILES string of the molecule is O=C1C2CCCCCCCCCC1CCCCC2. The van der Waals surface area contributed by atoms with E-state index in [9.17, 15) is 4.79 Å². The average molecular weight is 250 g/mol. The van der Waals surface area contributed by atoms with Crippen molar-refractivity contribution in [2.24, 2.45) is 11.8 Å². The van der Waals surface area contributed by atoms with Gasteiger partial charge in [0.2, 0.25) is 0 Å². The minimum absolute atomic E-state index is 0.426. The molecule has 0 aromatic heterocycles. The van der Waals surface area contributed by atoms with Crippen molar-refractivity contribution in [3.63, 3.8) is 0 Å². The summed E-state index contributed by atoms with van der Waals surface area (Å²) in [5.41, 5.74) is 0. The number of carbonyl (C=O) groups is 1. The van der Waals surface area contributed by atoms with E-state index in [0.717, 1.165) is 0 Å². The van der Waals surface area contributed by atoms with Crippen LogP contribution >= 0.6 is 0 Å². The molecule has 0 aromatic rings. The third-order valence-electron chi connectivity index (χ3n) is 5.02. The van der Waals surface area contributed by atoms with E-state index in [4.69, 9.17) is 0 Å². The summed E-state index contributed by atoms with van der Waals surface area (Å²) < 4.78 is 0. The zero-order valence-corrected chi connectivity index (χ0v) is 12.0. The Morgan fingerprint density at radius 2 is 0.778 bits per heavy atom. The molecule has 2 bridgehead atoms. The van der Waals surface area contributed by atoms with Crippen LogP contribution in [0.25, 0.3) is 0 Å². The van der Waals surface area contributed by atoms with Crippen LogP contribution in [0.1, 0.15) is 89.9 Å². The van der Waals surface area contributed by atoms with Crippen LogP contribution in [-0.2, 0) is 4.79 Å². The molecule has 1 nitrogen and oxygen atoms in total. The van der Waals surface area contributed by atoms with Gasteiger partial charge in [0.25, 0.3) is 0 Å². The fourth-order valence-corrected chi connectivity index (χ4v) is 3.81. The standard InChI is InChI=1S/C17H30O/c18-17-15-11-7-4-2-1-3-5-8-12-16(17)14-10-6-9-13-15/h15-16H,1-14H2. The number of ketones is 1. The lowest BCUT2D eigenvalue weighted by atomic mass is 9.78. The molecule has 18 heavy (non-hydrogen) atoms. The highest BCUT2D eigenvalue weighted by Crippen LogP contribution is 2.31. The molecule has 2 rings (SSSR count). The highest BCUT2D eigenvalue weighted by atomic mass is 16.1. The lowest BCUT2D eigenvalue weighted by Crippen LogP contribution is -2.25. The number of hydrogen-bond acceptors (Lipinski definition) is 1. The molecule has 2 saturated carbocycles.